The summed E-state index contributed by atoms with van der Waals surface area (Å²) >= 11 is 0. The highest BCUT2D eigenvalue weighted by molar-refractivity contribution is 5.78. The van der Waals surface area contributed by atoms with Crippen molar-refractivity contribution in [2.75, 3.05) is 33.3 Å². The van der Waals surface area contributed by atoms with E-state index in [0.717, 1.165) is 68.9 Å². The lowest BCUT2D eigenvalue weighted by Crippen LogP contribution is -2.42. The highest BCUT2D eigenvalue weighted by Crippen LogP contribution is 2.32. The Morgan fingerprint density at radius 1 is 1.07 bits per heavy atom. The van der Waals surface area contributed by atoms with Crippen molar-refractivity contribution in [2.45, 2.75) is 51.5 Å². The van der Waals surface area contributed by atoms with Gasteiger partial charge in [-0.15, -0.1) is 0 Å². The average Bonchev–Trinajstić information content (AvgIpc) is 3.22. The molecule has 2 saturated heterocycles. The van der Waals surface area contributed by atoms with Gasteiger partial charge in [-0.2, -0.15) is 0 Å². The number of ether oxygens (including phenoxy) is 1. The van der Waals surface area contributed by atoms with E-state index in [9.17, 15) is 4.79 Å². The van der Waals surface area contributed by atoms with Gasteiger partial charge in [0.2, 0.25) is 5.91 Å². The van der Waals surface area contributed by atoms with Gasteiger partial charge in [-0.1, -0.05) is 12.1 Å². The van der Waals surface area contributed by atoms with Crippen LogP contribution in [0.5, 0.6) is 5.75 Å². The summed E-state index contributed by atoms with van der Waals surface area (Å²) in [6.45, 7) is 5.41. The normalized spacial score (nSPS) is 19.8. The minimum atomic E-state index is 0.239. The summed E-state index contributed by atoms with van der Waals surface area (Å²) in [5.41, 5.74) is 4.64. The predicted octanol–water partition coefficient (Wildman–Crippen LogP) is 4.14. The molecule has 0 spiro atoms. The molecule has 0 saturated carbocycles. The zero-order chi connectivity index (χ0) is 20.9. The number of amides is 1. The number of hydrogen-bond acceptors (Lipinski definition) is 4. The van der Waals surface area contributed by atoms with Crippen molar-refractivity contribution < 1.29 is 9.53 Å². The van der Waals surface area contributed by atoms with Crippen LogP contribution in [0.4, 0.5) is 0 Å². The standard InChI is InChI=1S/C25H33N3O2/c1-19-14-21(15-20-8-6-9-22(16-20)30-2)17-23(26-19)24-10-7-13-28(24)18-25(29)27-11-4-3-5-12-27/h6,8-9,14,16-17,24H,3-5,7,10-13,15,18H2,1-2H3. The van der Waals surface area contributed by atoms with E-state index in [4.69, 9.17) is 9.72 Å². The molecule has 2 aromatic rings. The van der Waals surface area contributed by atoms with Crippen LogP contribution in [-0.4, -0.2) is 54.0 Å². The second kappa shape index (κ2) is 9.61. The summed E-state index contributed by atoms with van der Waals surface area (Å²) in [6.07, 6.45) is 6.58. The highest BCUT2D eigenvalue weighted by Gasteiger charge is 2.30. The zero-order valence-electron chi connectivity index (χ0n) is 18.3. The molecule has 160 valence electrons. The summed E-state index contributed by atoms with van der Waals surface area (Å²) in [6, 6.07) is 12.9. The highest BCUT2D eigenvalue weighted by atomic mass is 16.5. The number of pyridine rings is 1. The third-order valence-electron chi connectivity index (χ3n) is 6.33. The van der Waals surface area contributed by atoms with E-state index in [-0.39, 0.29) is 11.9 Å². The first-order valence-electron chi connectivity index (χ1n) is 11.2. The van der Waals surface area contributed by atoms with Gasteiger partial charge in [-0.05, 0) is 87.4 Å². The fraction of sp³-hybridized carbons (Fsp3) is 0.520. The Bertz CT molecular complexity index is 876. The van der Waals surface area contributed by atoms with Crippen LogP contribution in [0.1, 0.15) is 60.7 Å². The predicted molar refractivity (Wildman–Crippen MR) is 119 cm³/mol. The number of carbonyl (C=O) groups excluding carboxylic acids is 1. The van der Waals surface area contributed by atoms with E-state index in [2.05, 4.69) is 41.0 Å². The fourth-order valence-electron chi connectivity index (χ4n) is 4.83. The molecule has 1 aromatic heterocycles. The Kier molecular flexibility index (Phi) is 6.68. The maximum Gasteiger partial charge on any atom is 0.236 e. The first-order chi connectivity index (χ1) is 14.6. The molecule has 0 radical (unpaired) electrons. The Morgan fingerprint density at radius 3 is 2.70 bits per heavy atom. The van der Waals surface area contributed by atoms with Crippen LogP contribution in [0.15, 0.2) is 36.4 Å². The summed E-state index contributed by atoms with van der Waals surface area (Å²) in [5.74, 6) is 1.17. The molecule has 5 nitrogen and oxygen atoms in total. The molecule has 2 aliphatic rings. The van der Waals surface area contributed by atoms with Crippen LogP contribution in [0.3, 0.4) is 0 Å². The third-order valence-corrected chi connectivity index (χ3v) is 6.33. The minimum absolute atomic E-state index is 0.239. The molecule has 30 heavy (non-hydrogen) atoms. The van der Waals surface area contributed by atoms with E-state index < -0.39 is 0 Å². The van der Waals surface area contributed by atoms with Crippen LogP contribution in [0.25, 0.3) is 0 Å². The molecule has 5 heteroatoms. The zero-order valence-corrected chi connectivity index (χ0v) is 18.3. The van der Waals surface area contributed by atoms with Crippen molar-refractivity contribution in [3.05, 3.63) is 58.9 Å². The van der Waals surface area contributed by atoms with Crippen LogP contribution in [-0.2, 0) is 11.2 Å². The van der Waals surface area contributed by atoms with Crippen molar-refractivity contribution in [3.8, 4) is 5.75 Å². The summed E-state index contributed by atoms with van der Waals surface area (Å²) < 4.78 is 5.37. The van der Waals surface area contributed by atoms with E-state index in [0.29, 0.717) is 6.54 Å². The van der Waals surface area contributed by atoms with Crippen molar-refractivity contribution in [1.29, 1.82) is 0 Å². The number of hydrogen-bond donors (Lipinski definition) is 0. The molecule has 0 N–H and O–H groups in total. The van der Waals surface area contributed by atoms with Crippen LogP contribution >= 0.6 is 0 Å². The molecule has 2 fully saturated rings. The summed E-state index contributed by atoms with van der Waals surface area (Å²) in [5, 5.41) is 0. The maximum atomic E-state index is 12.8. The van der Waals surface area contributed by atoms with E-state index in [1.807, 2.05) is 12.1 Å². The van der Waals surface area contributed by atoms with Gasteiger partial charge in [0.1, 0.15) is 5.75 Å². The van der Waals surface area contributed by atoms with Gasteiger partial charge in [0.05, 0.1) is 25.4 Å². The van der Waals surface area contributed by atoms with E-state index in [1.54, 1.807) is 7.11 Å². The van der Waals surface area contributed by atoms with Gasteiger partial charge in [0.25, 0.3) is 0 Å². The number of aryl methyl sites for hydroxylation is 1. The van der Waals surface area contributed by atoms with Gasteiger partial charge in [-0.3, -0.25) is 14.7 Å². The molecule has 1 aromatic carbocycles. The molecular formula is C25H33N3O2. The van der Waals surface area contributed by atoms with Crippen molar-refractivity contribution in [2.24, 2.45) is 0 Å². The maximum absolute atomic E-state index is 12.8. The third kappa shape index (κ3) is 5.01. The van der Waals surface area contributed by atoms with Gasteiger partial charge in [0.15, 0.2) is 0 Å². The molecule has 1 amide bonds. The second-order valence-corrected chi connectivity index (χ2v) is 8.64. The second-order valence-electron chi connectivity index (χ2n) is 8.64. The molecule has 0 bridgehead atoms. The van der Waals surface area contributed by atoms with Gasteiger partial charge >= 0.3 is 0 Å². The first kappa shape index (κ1) is 20.9. The number of likely N-dealkylation sites (tertiary alicyclic amines) is 2. The number of nitrogens with zero attached hydrogens (tertiary/aromatic N) is 3. The summed E-state index contributed by atoms with van der Waals surface area (Å²) in [4.78, 5) is 22.1. The lowest BCUT2D eigenvalue weighted by atomic mass is 10.0. The lowest BCUT2D eigenvalue weighted by Gasteiger charge is -2.30. The number of methoxy groups -OCH3 is 1. The first-order valence-corrected chi connectivity index (χ1v) is 11.2. The Labute approximate surface area is 180 Å². The number of carbonyl (C=O) groups is 1. The largest absolute Gasteiger partial charge is 0.497 e. The van der Waals surface area contributed by atoms with Gasteiger partial charge in [0, 0.05) is 18.8 Å². The van der Waals surface area contributed by atoms with Crippen LogP contribution in [0, 0.1) is 6.92 Å². The van der Waals surface area contributed by atoms with Crippen LogP contribution in [0.2, 0.25) is 0 Å². The molecule has 1 unspecified atom stereocenters. The fourth-order valence-corrected chi connectivity index (χ4v) is 4.83. The monoisotopic (exact) mass is 407 g/mol. The smallest absolute Gasteiger partial charge is 0.236 e. The van der Waals surface area contributed by atoms with Gasteiger partial charge < -0.3 is 9.64 Å². The Hall–Kier alpha value is -2.40. The quantitative estimate of drug-likeness (QED) is 0.722. The molecule has 0 aliphatic carbocycles. The van der Waals surface area contributed by atoms with Crippen molar-refractivity contribution in [1.82, 2.24) is 14.8 Å². The molecule has 2 aliphatic heterocycles. The van der Waals surface area contributed by atoms with E-state index >= 15 is 0 Å². The van der Waals surface area contributed by atoms with Crippen molar-refractivity contribution in [3.63, 3.8) is 0 Å². The number of piperidine rings is 1. The van der Waals surface area contributed by atoms with Crippen molar-refractivity contribution >= 4 is 5.91 Å². The number of rotatable bonds is 6. The topological polar surface area (TPSA) is 45.7 Å². The Morgan fingerprint density at radius 2 is 1.90 bits per heavy atom. The minimum Gasteiger partial charge on any atom is -0.497 e. The molecule has 1 atom stereocenters. The Balaban J connectivity index is 1.48. The number of aromatic nitrogens is 1. The van der Waals surface area contributed by atoms with E-state index in [1.165, 1.54) is 17.5 Å². The molecule has 4 rings (SSSR count). The number of benzene rings is 1. The average molecular weight is 408 g/mol. The van der Waals surface area contributed by atoms with Gasteiger partial charge in [-0.25, -0.2) is 0 Å². The SMILES string of the molecule is COc1cccc(Cc2cc(C)nc(C3CCCN3CC(=O)N3CCCCC3)c2)c1. The van der Waals surface area contributed by atoms with Crippen LogP contribution < -0.4 is 4.74 Å². The lowest BCUT2D eigenvalue weighted by molar-refractivity contribution is -0.133. The summed E-state index contributed by atoms with van der Waals surface area (Å²) in [7, 11) is 1.70. The molecule has 3 heterocycles. The molecular weight excluding hydrogens is 374 g/mol.